The zero-order valence-corrected chi connectivity index (χ0v) is 10.9. The van der Waals surface area contributed by atoms with Gasteiger partial charge in [-0.25, -0.2) is 0 Å². The molecule has 1 aromatic carbocycles. The monoisotopic (exact) mass is 355 g/mol. The summed E-state index contributed by atoms with van der Waals surface area (Å²) >= 11 is 2.89. The fraction of sp³-hybridized carbons (Fsp3) is 0.333. The van der Waals surface area contributed by atoms with E-state index in [0.717, 1.165) is 12.1 Å². The highest BCUT2D eigenvalue weighted by Crippen LogP contribution is 2.45. The first kappa shape index (κ1) is 17.4. The molecule has 0 aliphatic heterocycles. The van der Waals surface area contributed by atoms with Crippen molar-refractivity contribution in [2.24, 2.45) is 5.73 Å². The van der Waals surface area contributed by atoms with Gasteiger partial charge in [-0.3, -0.25) is 0 Å². The summed E-state index contributed by atoms with van der Waals surface area (Å²) in [4.78, 5) is 0. The maximum atomic E-state index is 12.9. The van der Waals surface area contributed by atoms with Crippen LogP contribution in [0.15, 0.2) is 22.7 Å². The van der Waals surface area contributed by atoms with Crippen LogP contribution in [-0.2, 0) is 0 Å². The summed E-state index contributed by atoms with van der Waals surface area (Å²) in [5.74, 6) is -5.84. The summed E-state index contributed by atoms with van der Waals surface area (Å²) in [6.45, 7) is 0. The van der Waals surface area contributed by atoms with E-state index < -0.39 is 29.5 Å². The van der Waals surface area contributed by atoms with E-state index in [2.05, 4.69) is 15.9 Å². The van der Waals surface area contributed by atoms with Gasteiger partial charge < -0.3 is 10.8 Å². The Kier molecular flexibility index (Phi) is 5.39. The summed E-state index contributed by atoms with van der Waals surface area (Å²) < 4.78 is 62.4. The molecule has 0 saturated heterocycles. The van der Waals surface area contributed by atoms with E-state index in [1.807, 2.05) is 0 Å². The second-order valence-electron chi connectivity index (χ2n) is 3.30. The van der Waals surface area contributed by atoms with Crippen molar-refractivity contribution in [1.29, 1.82) is 0 Å². The Bertz CT molecular complexity index is 426. The molecule has 0 unspecified atom stereocenters. The third-order valence-electron chi connectivity index (χ3n) is 2.09. The minimum Gasteiger partial charge on any atom is -0.508 e. The Morgan fingerprint density at radius 1 is 1.17 bits per heavy atom. The van der Waals surface area contributed by atoms with E-state index in [9.17, 15) is 27.1 Å². The lowest BCUT2D eigenvalue weighted by atomic mass is 10.00. The predicted octanol–water partition coefficient (Wildman–Crippen LogP) is 3.77. The van der Waals surface area contributed by atoms with Gasteiger partial charge in [-0.15, -0.1) is 12.4 Å². The Morgan fingerprint density at radius 3 is 2.11 bits per heavy atom. The molecule has 1 atom stereocenters. The van der Waals surface area contributed by atoms with E-state index in [1.165, 1.54) is 6.07 Å². The molecule has 0 aliphatic rings. The van der Waals surface area contributed by atoms with Gasteiger partial charge in [-0.05, 0) is 18.2 Å². The van der Waals surface area contributed by atoms with Gasteiger partial charge >= 0.3 is 12.1 Å². The van der Waals surface area contributed by atoms with Gasteiger partial charge in [-0.1, -0.05) is 15.9 Å². The zero-order valence-electron chi connectivity index (χ0n) is 8.51. The summed E-state index contributed by atoms with van der Waals surface area (Å²) in [6.07, 6.45) is -5.78. The first-order valence-electron chi connectivity index (χ1n) is 4.26. The van der Waals surface area contributed by atoms with Gasteiger partial charge in [0.2, 0.25) is 0 Å². The highest BCUT2D eigenvalue weighted by atomic mass is 79.9. The number of nitrogens with two attached hydrogens (primary N) is 1. The average molecular weight is 357 g/mol. The number of hydrogen-bond acceptors (Lipinski definition) is 2. The molecule has 3 N–H and O–H groups in total. The highest BCUT2D eigenvalue weighted by Gasteiger charge is 2.62. The minimum atomic E-state index is -5.78. The van der Waals surface area contributed by atoms with E-state index in [-0.39, 0.29) is 16.9 Å². The molecule has 0 aliphatic carbocycles. The molecule has 1 aromatic rings. The first-order valence-corrected chi connectivity index (χ1v) is 5.05. The Hall–Kier alpha value is -0.600. The first-order chi connectivity index (χ1) is 7.57. The molecule has 0 amide bonds. The molecule has 0 fully saturated rings. The highest BCUT2D eigenvalue weighted by molar-refractivity contribution is 9.10. The van der Waals surface area contributed by atoms with Crippen molar-refractivity contribution in [2.75, 3.05) is 0 Å². The van der Waals surface area contributed by atoms with Crippen LogP contribution in [0.4, 0.5) is 22.0 Å². The van der Waals surface area contributed by atoms with Crippen LogP contribution in [0.5, 0.6) is 5.75 Å². The van der Waals surface area contributed by atoms with Crippen molar-refractivity contribution < 1.29 is 27.1 Å². The van der Waals surface area contributed by atoms with E-state index in [1.54, 1.807) is 0 Å². The fourth-order valence-corrected chi connectivity index (χ4v) is 1.52. The molecule has 0 saturated carbocycles. The number of aromatic hydroxyl groups is 1. The molecule has 0 radical (unpaired) electrons. The van der Waals surface area contributed by atoms with Crippen molar-refractivity contribution in [3.63, 3.8) is 0 Å². The van der Waals surface area contributed by atoms with Gasteiger partial charge in [0.25, 0.3) is 0 Å². The SMILES string of the molecule is Cl.N[C@H](c1cc(Br)ccc1O)C(F)(F)C(F)(F)F. The molecule has 0 heterocycles. The van der Waals surface area contributed by atoms with Crippen molar-refractivity contribution in [3.05, 3.63) is 28.2 Å². The molecular weight excluding hydrogens is 348 g/mol. The summed E-state index contributed by atoms with van der Waals surface area (Å²) in [5.41, 5.74) is 4.20. The Balaban J connectivity index is 0.00000289. The van der Waals surface area contributed by atoms with Crippen LogP contribution in [0.25, 0.3) is 0 Å². The number of alkyl halides is 5. The van der Waals surface area contributed by atoms with Crippen LogP contribution < -0.4 is 5.73 Å². The van der Waals surface area contributed by atoms with Crippen LogP contribution in [0.2, 0.25) is 0 Å². The molecule has 0 aromatic heterocycles. The third-order valence-corrected chi connectivity index (χ3v) is 2.59. The van der Waals surface area contributed by atoms with E-state index in [0.29, 0.717) is 0 Å². The molecule has 18 heavy (non-hydrogen) atoms. The number of benzene rings is 1. The van der Waals surface area contributed by atoms with Crippen molar-refractivity contribution in [1.82, 2.24) is 0 Å². The van der Waals surface area contributed by atoms with Crippen LogP contribution >= 0.6 is 28.3 Å². The summed E-state index contributed by atoms with van der Waals surface area (Å²) in [5, 5.41) is 9.23. The Labute approximate surface area is 114 Å². The summed E-state index contributed by atoms with van der Waals surface area (Å²) in [6, 6.07) is 0.517. The Morgan fingerprint density at radius 2 is 1.67 bits per heavy atom. The van der Waals surface area contributed by atoms with Gasteiger partial charge in [0.15, 0.2) is 0 Å². The predicted molar refractivity (Wildman–Crippen MR) is 61.0 cm³/mol. The van der Waals surface area contributed by atoms with Crippen LogP contribution in [0.3, 0.4) is 0 Å². The van der Waals surface area contributed by atoms with Gasteiger partial charge in [0, 0.05) is 10.0 Å². The lowest BCUT2D eigenvalue weighted by Gasteiger charge is -2.26. The molecule has 104 valence electrons. The van der Waals surface area contributed by atoms with Gasteiger partial charge in [0.05, 0.1) is 0 Å². The molecule has 0 bridgehead atoms. The second-order valence-corrected chi connectivity index (χ2v) is 4.22. The molecular formula is C9H8BrClF5NO. The quantitative estimate of drug-likeness (QED) is 0.792. The normalized spacial score (nSPS) is 13.9. The molecule has 0 spiro atoms. The zero-order chi connectivity index (χ0) is 13.4. The van der Waals surface area contributed by atoms with Crippen molar-refractivity contribution in [3.8, 4) is 5.75 Å². The van der Waals surface area contributed by atoms with Gasteiger partial charge in [0.1, 0.15) is 11.8 Å². The molecule has 2 nitrogen and oxygen atoms in total. The fourth-order valence-electron chi connectivity index (χ4n) is 1.15. The third kappa shape index (κ3) is 3.24. The minimum absolute atomic E-state index is 0. The lowest BCUT2D eigenvalue weighted by molar-refractivity contribution is -0.291. The number of rotatable bonds is 2. The van der Waals surface area contributed by atoms with E-state index >= 15 is 0 Å². The second kappa shape index (κ2) is 5.58. The van der Waals surface area contributed by atoms with Crippen LogP contribution in [0.1, 0.15) is 11.6 Å². The van der Waals surface area contributed by atoms with Crippen LogP contribution in [-0.4, -0.2) is 17.2 Å². The maximum absolute atomic E-state index is 12.9. The number of halogens is 7. The standard InChI is InChI=1S/C9H7BrF5NO.ClH/c10-4-1-2-6(17)5(3-4)7(16)8(11,12)9(13,14)15;/h1-3,7,17H,16H2;1H/t7-;/m1./s1. The van der Waals surface area contributed by atoms with Crippen molar-refractivity contribution >= 4 is 28.3 Å². The lowest BCUT2D eigenvalue weighted by Crippen LogP contribution is -2.45. The molecule has 1 rings (SSSR count). The van der Waals surface area contributed by atoms with Crippen LogP contribution in [0, 0.1) is 0 Å². The largest absolute Gasteiger partial charge is 0.508 e. The molecule has 9 heteroatoms. The number of hydrogen-bond donors (Lipinski definition) is 2. The average Bonchev–Trinajstić information content (AvgIpc) is 2.19. The van der Waals surface area contributed by atoms with Crippen molar-refractivity contribution in [2.45, 2.75) is 18.1 Å². The maximum Gasteiger partial charge on any atom is 0.455 e. The number of phenols is 1. The topological polar surface area (TPSA) is 46.2 Å². The van der Waals surface area contributed by atoms with E-state index in [4.69, 9.17) is 5.73 Å². The van der Waals surface area contributed by atoms with Gasteiger partial charge in [-0.2, -0.15) is 22.0 Å². The number of phenolic OH excluding ortho intramolecular Hbond substituents is 1. The smallest absolute Gasteiger partial charge is 0.455 e. The summed E-state index contributed by atoms with van der Waals surface area (Å²) in [7, 11) is 0.